The summed E-state index contributed by atoms with van der Waals surface area (Å²) in [4.78, 5) is 0. The lowest BCUT2D eigenvalue weighted by Crippen LogP contribution is -1.91. The molecule has 2 rings (SSSR count). The number of hydrogen-bond donors (Lipinski definition) is 0. The lowest BCUT2D eigenvalue weighted by molar-refractivity contribution is 0.771. The SMILES string of the molecule is CCc1ccccc1-c1cc(Cl)n(C)n1. The molecule has 0 N–H and O–H groups in total. The molecule has 0 aliphatic heterocycles. The first-order chi connectivity index (χ1) is 7.22. The molecule has 3 heteroatoms. The average Bonchev–Trinajstić information content (AvgIpc) is 2.59. The van der Waals surface area contributed by atoms with E-state index in [2.05, 4.69) is 24.2 Å². The quantitative estimate of drug-likeness (QED) is 0.760. The Kier molecular flexibility index (Phi) is 2.78. The molecule has 2 nitrogen and oxygen atoms in total. The number of aromatic nitrogens is 2. The maximum atomic E-state index is 5.98. The highest BCUT2D eigenvalue weighted by Crippen LogP contribution is 2.24. The molecule has 0 unspecified atom stereocenters. The number of nitrogens with zero attached hydrogens (tertiary/aromatic N) is 2. The third kappa shape index (κ3) is 1.90. The molecular formula is C12H13ClN2. The molecule has 0 aliphatic rings. The van der Waals surface area contributed by atoms with E-state index in [9.17, 15) is 0 Å². The molecule has 15 heavy (non-hydrogen) atoms. The molecule has 0 saturated heterocycles. The van der Waals surface area contributed by atoms with E-state index in [1.165, 1.54) is 11.1 Å². The largest absolute Gasteiger partial charge is 0.256 e. The molecule has 0 atom stereocenters. The van der Waals surface area contributed by atoms with Crippen molar-refractivity contribution in [1.29, 1.82) is 0 Å². The summed E-state index contributed by atoms with van der Waals surface area (Å²) in [6.07, 6.45) is 1.00. The Morgan fingerprint density at radius 3 is 2.67 bits per heavy atom. The molecule has 1 aromatic heterocycles. The number of halogens is 1. The fraction of sp³-hybridized carbons (Fsp3) is 0.250. The Labute approximate surface area is 94.5 Å². The van der Waals surface area contributed by atoms with Crippen molar-refractivity contribution in [3.05, 3.63) is 41.0 Å². The van der Waals surface area contributed by atoms with Gasteiger partial charge < -0.3 is 0 Å². The van der Waals surface area contributed by atoms with Gasteiger partial charge in [-0.15, -0.1) is 0 Å². The van der Waals surface area contributed by atoms with Gasteiger partial charge in [0.15, 0.2) is 0 Å². The van der Waals surface area contributed by atoms with Gasteiger partial charge in [0, 0.05) is 18.7 Å². The monoisotopic (exact) mass is 220 g/mol. The number of benzene rings is 1. The van der Waals surface area contributed by atoms with E-state index in [0.29, 0.717) is 5.15 Å². The first-order valence-corrected chi connectivity index (χ1v) is 5.38. The second-order valence-corrected chi connectivity index (χ2v) is 3.87. The summed E-state index contributed by atoms with van der Waals surface area (Å²) in [7, 11) is 1.85. The van der Waals surface area contributed by atoms with Crippen molar-refractivity contribution < 1.29 is 0 Å². The Hall–Kier alpha value is -1.28. The van der Waals surface area contributed by atoms with Crippen molar-refractivity contribution in [2.45, 2.75) is 13.3 Å². The minimum Gasteiger partial charge on any atom is -0.256 e. The molecule has 78 valence electrons. The summed E-state index contributed by atoms with van der Waals surface area (Å²) in [5, 5.41) is 5.04. The summed E-state index contributed by atoms with van der Waals surface area (Å²) in [5.41, 5.74) is 3.41. The Morgan fingerprint density at radius 1 is 1.33 bits per heavy atom. The minimum atomic E-state index is 0.663. The zero-order chi connectivity index (χ0) is 10.8. The Morgan fingerprint density at radius 2 is 2.07 bits per heavy atom. The van der Waals surface area contributed by atoms with Crippen LogP contribution in [0.15, 0.2) is 30.3 Å². The molecule has 1 aromatic carbocycles. The predicted molar refractivity (Wildman–Crippen MR) is 63.0 cm³/mol. The van der Waals surface area contributed by atoms with Gasteiger partial charge in [-0.25, -0.2) is 0 Å². The van der Waals surface area contributed by atoms with E-state index in [1.807, 2.05) is 25.2 Å². The molecule has 0 saturated carbocycles. The molecule has 1 heterocycles. The van der Waals surface area contributed by atoms with Crippen LogP contribution in [0.2, 0.25) is 5.15 Å². The fourth-order valence-electron chi connectivity index (χ4n) is 1.65. The molecule has 0 fully saturated rings. The minimum absolute atomic E-state index is 0.663. The second-order valence-electron chi connectivity index (χ2n) is 3.49. The predicted octanol–water partition coefficient (Wildman–Crippen LogP) is 3.30. The van der Waals surface area contributed by atoms with Crippen LogP contribution in [0, 0.1) is 0 Å². The highest BCUT2D eigenvalue weighted by molar-refractivity contribution is 6.29. The van der Waals surface area contributed by atoms with Crippen LogP contribution < -0.4 is 0 Å². The van der Waals surface area contributed by atoms with Crippen LogP contribution in [0.4, 0.5) is 0 Å². The average molecular weight is 221 g/mol. The maximum Gasteiger partial charge on any atom is 0.127 e. The first kappa shape index (κ1) is 10.2. The van der Waals surface area contributed by atoms with Gasteiger partial charge in [-0.05, 0) is 12.0 Å². The molecule has 0 aliphatic carbocycles. The molecule has 0 bridgehead atoms. The van der Waals surface area contributed by atoms with Crippen LogP contribution in [-0.2, 0) is 13.5 Å². The van der Waals surface area contributed by atoms with Crippen molar-refractivity contribution >= 4 is 11.6 Å². The Bertz CT molecular complexity index is 455. The van der Waals surface area contributed by atoms with E-state index in [-0.39, 0.29) is 0 Å². The standard InChI is InChI=1S/C12H13ClN2/c1-3-9-6-4-5-7-10(9)11-8-12(13)15(2)14-11/h4-8H,3H2,1-2H3. The van der Waals surface area contributed by atoms with Crippen LogP contribution in [0.1, 0.15) is 12.5 Å². The van der Waals surface area contributed by atoms with Gasteiger partial charge in [0.1, 0.15) is 5.15 Å². The fourth-order valence-corrected chi connectivity index (χ4v) is 1.80. The highest BCUT2D eigenvalue weighted by Gasteiger charge is 2.08. The van der Waals surface area contributed by atoms with E-state index >= 15 is 0 Å². The summed E-state index contributed by atoms with van der Waals surface area (Å²) < 4.78 is 1.68. The molecule has 2 aromatic rings. The highest BCUT2D eigenvalue weighted by atomic mass is 35.5. The van der Waals surface area contributed by atoms with E-state index < -0.39 is 0 Å². The normalized spacial score (nSPS) is 10.6. The van der Waals surface area contributed by atoms with Crippen molar-refractivity contribution in [3.63, 3.8) is 0 Å². The number of aryl methyl sites for hydroxylation is 2. The van der Waals surface area contributed by atoms with Crippen LogP contribution in [0.25, 0.3) is 11.3 Å². The number of hydrogen-bond acceptors (Lipinski definition) is 1. The smallest absolute Gasteiger partial charge is 0.127 e. The summed E-state index contributed by atoms with van der Waals surface area (Å²) in [6.45, 7) is 2.14. The van der Waals surface area contributed by atoms with Crippen LogP contribution in [-0.4, -0.2) is 9.78 Å². The van der Waals surface area contributed by atoms with E-state index in [4.69, 9.17) is 11.6 Å². The van der Waals surface area contributed by atoms with Crippen LogP contribution >= 0.6 is 11.6 Å². The van der Waals surface area contributed by atoms with Gasteiger partial charge in [0.05, 0.1) is 5.69 Å². The topological polar surface area (TPSA) is 17.8 Å². The molecular weight excluding hydrogens is 208 g/mol. The lowest BCUT2D eigenvalue weighted by atomic mass is 10.0. The zero-order valence-electron chi connectivity index (χ0n) is 8.87. The summed E-state index contributed by atoms with van der Waals surface area (Å²) >= 11 is 5.98. The van der Waals surface area contributed by atoms with Crippen molar-refractivity contribution in [3.8, 4) is 11.3 Å². The third-order valence-electron chi connectivity index (χ3n) is 2.50. The van der Waals surface area contributed by atoms with Crippen LogP contribution in [0.3, 0.4) is 0 Å². The van der Waals surface area contributed by atoms with Crippen molar-refractivity contribution in [2.75, 3.05) is 0 Å². The van der Waals surface area contributed by atoms with Crippen LogP contribution in [0.5, 0.6) is 0 Å². The van der Waals surface area contributed by atoms with E-state index in [1.54, 1.807) is 4.68 Å². The zero-order valence-corrected chi connectivity index (χ0v) is 9.62. The van der Waals surface area contributed by atoms with Gasteiger partial charge >= 0.3 is 0 Å². The molecule has 0 radical (unpaired) electrons. The van der Waals surface area contributed by atoms with Gasteiger partial charge in [-0.1, -0.05) is 42.8 Å². The number of rotatable bonds is 2. The molecule has 0 amide bonds. The summed E-state index contributed by atoms with van der Waals surface area (Å²) in [5.74, 6) is 0. The van der Waals surface area contributed by atoms with E-state index in [0.717, 1.165) is 12.1 Å². The van der Waals surface area contributed by atoms with Gasteiger partial charge in [-0.3, -0.25) is 4.68 Å². The van der Waals surface area contributed by atoms with Gasteiger partial charge in [0.25, 0.3) is 0 Å². The third-order valence-corrected chi connectivity index (χ3v) is 2.85. The van der Waals surface area contributed by atoms with Gasteiger partial charge in [-0.2, -0.15) is 5.10 Å². The molecule has 0 spiro atoms. The summed E-state index contributed by atoms with van der Waals surface area (Å²) in [6, 6.07) is 10.2. The maximum absolute atomic E-state index is 5.98. The second kappa shape index (κ2) is 4.07. The first-order valence-electron chi connectivity index (χ1n) is 5.00. The Balaban J connectivity index is 2.53. The van der Waals surface area contributed by atoms with Gasteiger partial charge in [0.2, 0.25) is 0 Å². The van der Waals surface area contributed by atoms with Crippen molar-refractivity contribution in [2.24, 2.45) is 7.05 Å². The lowest BCUT2D eigenvalue weighted by Gasteiger charge is -2.03. The van der Waals surface area contributed by atoms with Crippen molar-refractivity contribution in [1.82, 2.24) is 9.78 Å².